The highest BCUT2D eigenvalue weighted by Gasteiger charge is 2.25. The molecule has 0 atom stereocenters. The van der Waals surface area contributed by atoms with E-state index in [2.05, 4.69) is 15.3 Å². The third-order valence-corrected chi connectivity index (χ3v) is 4.13. The van der Waals surface area contributed by atoms with E-state index in [1.165, 1.54) is 6.26 Å². The standard InChI is InChI=1S/C18H23N5O3/c1-13(2)12-20-16(24)14-5-6-19-18(21-14)23-9-7-22(8-10-23)17(25)15-4-3-11-26-15/h3-6,11,13H,7-10,12H2,1-2H3,(H,20,24). The summed E-state index contributed by atoms with van der Waals surface area (Å²) in [7, 11) is 0. The van der Waals surface area contributed by atoms with Crippen LogP contribution in [0.25, 0.3) is 0 Å². The van der Waals surface area contributed by atoms with Crippen molar-refractivity contribution in [3.8, 4) is 0 Å². The third kappa shape index (κ3) is 4.19. The first-order valence-corrected chi connectivity index (χ1v) is 8.73. The molecule has 0 aliphatic carbocycles. The number of piperazine rings is 1. The molecule has 0 bridgehead atoms. The quantitative estimate of drug-likeness (QED) is 0.870. The Kier molecular flexibility index (Phi) is 5.50. The van der Waals surface area contributed by atoms with E-state index in [1.807, 2.05) is 18.7 Å². The molecule has 26 heavy (non-hydrogen) atoms. The minimum atomic E-state index is -0.200. The van der Waals surface area contributed by atoms with Gasteiger partial charge < -0.3 is 19.5 Å². The molecule has 1 aliphatic rings. The van der Waals surface area contributed by atoms with Gasteiger partial charge in [-0.15, -0.1) is 0 Å². The Hall–Kier alpha value is -2.90. The maximum atomic E-state index is 12.3. The molecule has 1 aliphatic heterocycles. The van der Waals surface area contributed by atoms with Crippen LogP contribution < -0.4 is 10.2 Å². The van der Waals surface area contributed by atoms with E-state index in [-0.39, 0.29) is 11.8 Å². The van der Waals surface area contributed by atoms with E-state index in [0.717, 1.165) is 0 Å². The topological polar surface area (TPSA) is 91.6 Å². The van der Waals surface area contributed by atoms with Gasteiger partial charge in [0.15, 0.2) is 5.76 Å². The highest BCUT2D eigenvalue weighted by molar-refractivity contribution is 5.92. The number of carbonyl (C=O) groups excluding carboxylic acids is 2. The smallest absolute Gasteiger partial charge is 0.289 e. The molecule has 1 fully saturated rings. The zero-order valence-corrected chi connectivity index (χ0v) is 15.0. The number of nitrogens with zero attached hydrogens (tertiary/aromatic N) is 4. The lowest BCUT2D eigenvalue weighted by atomic mass is 10.2. The van der Waals surface area contributed by atoms with Gasteiger partial charge in [0.2, 0.25) is 5.95 Å². The van der Waals surface area contributed by atoms with Crippen LogP contribution in [0.2, 0.25) is 0 Å². The van der Waals surface area contributed by atoms with Crippen LogP contribution >= 0.6 is 0 Å². The molecule has 0 saturated carbocycles. The van der Waals surface area contributed by atoms with Gasteiger partial charge in [0, 0.05) is 38.9 Å². The number of furan rings is 1. The lowest BCUT2D eigenvalue weighted by molar-refractivity contribution is 0.0714. The average Bonchev–Trinajstić information content (AvgIpc) is 3.20. The summed E-state index contributed by atoms with van der Waals surface area (Å²) in [4.78, 5) is 36.8. The second-order valence-corrected chi connectivity index (χ2v) is 6.60. The van der Waals surface area contributed by atoms with Gasteiger partial charge in [-0.25, -0.2) is 9.97 Å². The molecule has 0 unspecified atom stereocenters. The Labute approximate surface area is 152 Å². The van der Waals surface area contributed by atoms with Gasteiger partial charge in [0.1, 0.15) is 5.69 Å². The molecule has 0 aromatic carbocycles. The maximum Gasteiger partial charge on any atom is 0.289 e. The molecule has 3 heterocycles. The largest absolute Gasteiger partial charge is 0.459 e. The molecule has 1 saturated heterocycles. The number of aromatic nitrogens is 2. The average molecular weight is 357 g/mol. The van der Waals surface area contributed by atoms with Crippen molar-refractivity contribution in [2.24, 2.45) is 5.92 Å². The molecule has 8 heteroatoms. The van der Waals surface area contributed by atoms with E-state index in [9.17, 15) is 9.59 Å². The van der Waals surface area contributed by atoms with Gasteiger partial charge in [0.05, 0.1) is 6.26 Å². The molecule has 1 N–H and O–H groups in total. The van der Waals surface area contributed by atoms with E-state index in [1.54, 1.807) is 29.3 Å². The van der Waals surface area contributed by atoms with Gasteiger partial charge in [-0.2, -0.15) is 0 Å². The number of rotatable bonds is 5. The molecule has 2 aromatic rings. The van der Waals surface area contributed by atoms with Crippen LogP contribution in [0, 0.1) is 5.92 Å². The first-order chi connectivity index (χ1) is 12.5. The summed E-state index contributed by atoms with van der Waals surface area (Å²) in [5.41, 5.74) is 0.352. The first-order valence-electron chi connectivity index (χ1n) is 8.73. The van der Waals surface area contributed by atoms with Crippen LogP contribution in [0.5, 0.6) is 0 Å². The summed E-state index contributed by atoms with van der Waals surface area (Å²) in [6, 6.07) is 4.97. The minimum Gasteiger partial charge on any atom is -0.459 e. The molecular formula is C18H23N5O3. The fraction of sp³-hybridized carbons (Fsp3) is 0.444. The zero-order chi connectivity index (χ0) is 18.5. The summed E-state index contributed by atoms with van der Waals surface area (Å²) < 4.78 is 5.17. The summed E-state index contributed by atoms with van der Waals surface area (Å²) in [5, 5.41) is 2.86. The van der Waals surface area contributed by atoms with Crippen molar-refractivity contribution in [1.82, 2.24) is 20.2 Å². The summed E-state index contributed by atoms with van der Waals surface area (Å²) >= 11 is 0. The van der Waals surface area contributed by atoms with Gasteiger partial charge in [0.25, 0.3) is 11.8 Å². The number of amides is 2. The molecule has 0 radical (unpaired) electrons. The number of carbonyl (C=O) groups is 2. The predicted octanol–water partition coefficient (Wildman–Crippen LogP) is 1.42. The van der Waals surface area contributed by atoms with Crippen LogP contribution in [-0.2, 0) is 0 Å². The molecule has 8 nitrogen and oxygen atoms in total. The second-order valence-electron chi connectivity index (χ2n) is 6.60. The first kappa shape index (κ1) is 17.9. The fourth-order valence-electron chi connectivity index (χ4n) is 2.68. The van der Waals surface area contributed by atoms with Gasteiger partial charge in [-0.1, -0.05) is 13.8 Å². The summed E-state index contributed by atoms with van der Waals surface area (Å²) in [6.07, 6.45) is 3.08. The highest BCUT2D eigenvalue weighted by atomic mass is 16.3. The van der Waals surface area contributed by atoms with Gasteiger partial charge in [-0.3, -0.25) is 9.59 Å². The Bertz CT molecular complexity index is 752. The van der Waals surface area contributed by atoms with Crippen LogP contribution in [0.4, 0.5) is 5.95 Å². The van der Waals surface area contributed by atoms with Crippen LogP contribution in [0.1, 0.15) is 34.9 Å². The van der Waals surface area contributed by atoms with Crippen molar-refractivity contribution in [3.63, 3.8) is 0 Å². The Balaban J connectivity index is 1.60. The van der Waals surface area contributed by atoms with E-state index < -0.39 is 0 Å². The van der Waals surface area contributed by atoms with E-state index in [0.29, 0.717) is 56.0 Å². The number of hydrogen-bond acceptors (Lipinski definition) is 6. The zero-order valence-electron chi connectivity index (χ0n) is 15.0. The summed E-state index contributed by atoms with van der Waals surface area (Å²) in [5.74, 6) is 0.914. The van der Waals surface area contributed by atoms with Crippen molar-refractivity contribution in [3.05, 3.63) is 42.1 Å². The summed E-state index contributed by atoms with van der Waals surface area (Å²) in [6.45, 7) is 6.97. The van der Waals surface area contributed by atoms with Crippen molar-refractivity contribution >= 4 is 17.8 Å². The van der Waals surface area contributed by atoms with Crippen LogP contribution in [0.3, 0.4) is 0 Å². The van der Waals surface area contributed by atoms with Crippen LogP contribution in [-0.4, -0.2) is 59.4 Å². The normalized spacial score (nSPS) is 14.6. The van der Waals surface area contributed by atoms with Crippen molar-refractivity contribution in [2.75, 3.05) is 37.6 Å². The number of nitrogens with one attached hydrogen (secondary N) is 1. The third-order valence-electron chi connectivity index (χ3n) is 4.13. The molecule has 2 amide bonds. The Morgan fingerprint density at radius 1 is 1.23 bits per heavy atom. The van der Waals surface area contributed by atoms with Crippen molar-refractivity contribution < 1.29 is 14.0 Å². The number of hydrogen-bond donors (Lipinski definition) is 1. The maximum absolute atomic E-state index is 12.3. The molecule has 2 aromatic heterocycles. The monoisotopic (exact) mass is 357 g/mol. The lowest BCUT2D eigenvalue weighted by Gasteiger charge is -2.34. The van der Waals surface area contributed by atoms with Crippen molar-refractivity contribution in [2.45, 2.75) is 13.8 Å². The highest BCUT2D eigenvalue weighted by Crippen LogP contribution is 2.14. The fourth-order valence-corrected chi connectivity index (χ4v) is 2.68. The SMILES string of the molecule is CC(C)CNC(=O)c1ccnc(N2CCN(C(=O)c3ccco3)CC2)n1. The minimum absolute atomic E-state index is 0.114. The van der Waals surface area contributed by atoms with E-state index >= 15 is 0 Å². The van der Waals surface area contributed by atoms with Gasteiger partial charge >= 0.3 is 0 Å². The van der Waals surface area contributed by atoms with Crippen molar-refractivity contribution in [1.29, 1.82) is 0 Å². The van der Waals surface area contributed by atoms with Crippen LogP contribution in [0.15, 0.2) is 35.1 Å². The van der Waals surface area contributed by atoms with Gasteiger partial charge in [-0.05, 0) is 24.1 Å². The Morgan fingerprint density at radius 3 is 2.65 bits per heavy atom. The molecular weight excluding hydrogens is 334 g/mol. The Morgan fingerprint density at radius 2 is 2.00 bits per heavy atom. The molecule has 0 spiro atoms. The number of anilines is 1. The predicted molar refractivity (Wildman–Crippen MR) is 96.0 cm³/mol. The molecule has 3 rings (SSSR count). The van der Waals surface area contributed by atoms with E-state index in [4.69, 9.17) is 4.42 Å². The second kappa shape index (κ2) is 7.99. The lowest BCUT2D eigenvalue weighted by Crippen LogP contribution is -2.49. The molecule has 138 valence electrons.